The minimum Gasteiger partial charge on any atom is -0.480 e. The van der Waals surface area contributed by atoms with Crippen LogP contribution < -0.4 is 5.32 Å². The quantitative estimate of drug-likeness (QED) is 0.858. The van der Waals surface area contributed by atoms with Gasteiger partial charge < -0.3 is 10.4 Å². The fourth-order valence-corrected chi connectivity index (χ4v) is 3.27. The third-order valence-electron chi connectivity index (χ3n) is 3.42. The highest BCUT2D eigenvalue weighted by atomic mass is 32.2. The maximum atomic E-state index is 12.2. The first-order valence-corrected chi connectivity index (χ1v) is 7.33. The summed E-state index contributed by atoms with van der Waals surface area (Å²) >= 11 is 1.72. The summed E-state index contributed by atoms with van der Waals surface area (Å²) in [6.45, 7) is 1.70. The summed E-state index contributed by atoms with van der Waals surface area (Å²) in [5, 5.41) is 16.1. The Kier molecular flexibility index (Phi) is 4.14. The first-order chi connectivity index (χ1) is 9.05. The normalized spacial score (nSPS) is 19.6. The van der Waals surface area contributed by atoms with Crippen LogP contribution in [0.3, 0.4) is 0 Å². The zero-order valence-corrected chi connectivity index (χ0v) is 11.5. The van der Waals surface area contributed by atoms with Crippen LogP contribution in [0.25, 0.3) is 0 Å². The maximum Gasteiger partial charge on any atom is 0.329 e. The van der Waals surface area contributed by atoms with E-state index in [4.69, 9.17) is 0 Å². The van der Waals surface area contributed by atoms with Crippen LogP contribution in [-0.2, 0) is 9.59 Å². The smallest absolute Gasteiger partial charge is 0.329 e. The molecule has 1 aliphatic rings. The predicted octanol–water partition coefficient (Wildman–Crippen LogP) is 0.911. The van der Waals surface area contributed by atoms with Gasteiger partial charge in [-0.25, -0.2) is 4.79 Å². The molecule has 19 heavy (non-hydrogen) atoms. The second-order valence-electron chi connectivity index (χ2n) is 4.65. The number of carbonyl (C=O) groups is 2. The number of nitrogens with zero attached hydrogens (tertiary/aromatic N) is 2. The van der Waals surface area contributed by atoms with Gasteiger partial charge in [-0.15, -0.1) is 0 Å². The van der Waals surface area contributed by atoms with Gasteiger partial charge in [0.1, 0.15) is 11.6 Å². The standard InChI is InChI=1S/C12H17N3O3S/c1-9(15-6-2-5-13-15)10(16)14-12(11(17)18)3-7-19-8-4-12/h2,5-6,9H,3-4,7-8H2,1H3,(H,14,16)(H,17,18). The lowest BCUT2D eigenvalue weighted by atomic mass is 9.92. The number of aromatic nitrogens is 2. The van der Waals surface area contributed by atoms with E-state index in [0.29, 0.717) is 12.8 Å². The van der Waals surface area contributed by atoms with Crippen molar-refractivity contribution in [3.8, 4) is 0 Å². The molecule has 1 fully saturated rings. The first-order valence-electron chi connectivity index (χ1n) is 6.17. The second-order valence-corrected chi connectivity index (χ2v) is 5.88. The molecule has 0 spiro atoms. The molecule has 1 aromatic rings. The van der Waals surface area contributed by atoms with Crippen molar-refractivity contribution in [2.45, 2.75) is 31.3 Å². The van der Waals surface area contributed by atoms with Crippen LogP contribution in [0.5, 0.6) is 0 Å². The van der Waals surface area contributed by atoms with Gasteiger partial charge in [-0.2, -0.15) is 16.9 Å². The lowest BCUT2D eigenvalue weighted by Crippen LogP contribution is -2.57. The second kappa shape index (κ2) is 5.64. The number of hydrogen-bond acceptors (Lipinski definition) is 4. The van der Waals surface area contributed by atoms with Gasteiger partial charge in [-0.3, -0.25) is 9.48 Å². The predicted molar refractivity (Wildman–Crippen MR) is 72.0 cm³/mol. The van der Waals surface area contributed by atoms with Gasteiger partial charge >= 0.3 is 5.97 Å². The maximum absolute atomic E-state index is 12.2. The highest BCUT2D eigenvalue weighted by molar-refractivity contribution is 7.99. The lowest BCUT2D eigenvalue weighted by molar-refractivity contribution is -0.148. The van der Waals surface area contributed by atoms with Crippen LogP contribution in [-0.4, -0.2) is 43.8 Å². The monoisotopic (exact) mass is 283 g/mol. The Morgan fingerprint density at radius 1 is 1.47 bits per heavy atom. The Labute approximate surface area is 115 Å². The fraction of sp³-hybridized carbons (Fsp3) is 0.583. The molecule has 1 saturated heterocycles. The molecule has 6 nitrogen and oxygen atoms in total. The summed E-state index contributed by atoms with van der Waals surface area (Å²) in [6, 6.07) is 1.22. The summed E-state index contributed by atoms with van der Waals surface area (Å²) < 4.78 is 1.52. The van der Waals surface area contributed by atoms with Gasteiger partial charge in [0, 0.05) is 12.4 Å². The van der Waals surface area contributed by atoms with Gasteiger partial charge in [0.05, 0.1) is 0 Å². The van der Waals surface area contributed by atoms with Crippen LogP contribution in [0.15, 0.2) is 18.5 Å². The SMILES string of the molecule is CC(C(=O)NC1(C(=O)O)CCSCC1)n1cccn1. The van der Waals surface area contributed by atoms with Gasteiger partial charge in [0.25, 0.3) is 0 Å². The number of carbonyl (C=O) groups excluding carboxylic acids is 1. The van der Waals surface area contributed by atoms with Gasteiger partial charge in [0.15, 0.2) is 0 Å². The molecule has 1 atom stereocenters. The molecule has 2 heterocycles. The molecule has 1 unspecified atom stereocenters. The summed E-state index contributed by atoms with van der Waals surface area (Å²) in [5.41, 5.74) is -1.12. The number of nitrogens with one attached hydrogen (secondary N) is 1. The molecule has 0 bridgehead atoms. The van der Waals surface area contributed by atoms with Crippen molar-refractivity contribution in [3.63, 3.8) is 0 Å². The number of aliphatic carboxylic acids is 1. The van der Waals surface area contributed by atoms with Crippen LogP contribution in [0.1, 0.15) is 25.8 Å². The van der Waals surface area contributed by atoms with E-state index in [1.807, 2.05) is 0 Å². The fourth-order valence-electron chi connectivity index (χ4n) is 2.08. The molecule has 0 aliphatic carbocycles. The third kappa shape index (κ3) is 2.91. The van der Waals surface area contributed by atoms with E-state index in [1.165, 1.54) is 4.68 Å². The molecule has 0 aromatic carbocycles. The van der Waals surface area contributed by atoms with Crippen molar-refractivity contribution in [2.75, 3.05) is 11.5 Å². The highest BCUT2D eigenvalue weighted by Crippen LogP contribution is 2.28. The molecule has 1 aliphatic heterocycles. The number of carboxylic acids is 1. The van der Waals surface area contributed by atoms with Crippen LogP contribution in [0.2, 0.25) is 0 Å². The molecule has 1 aromatic heterocycles. The highest BCUT2D eigenvalue weighted by Gasteiger charge is 2.42. The summed E-state index contributed by atoms with van der Waals surface area (Å²) in [7, 11) is 0. The Morgan fingerprint density at radius 3 is 2.68 bits per heavy atom. The topological polar surface area (TPSA) is 84.2 Å². The Morgan fingerprint density at radius 2 is 2.16 bits per heavy atom. The van der Waals surface area contributed by atoms with E-state index < -0.39 is 17.6 Å². The van der Waals surface area contributed by atoms with E-state index in [-0.39, 0.29) is 5.91 Å². The third-order valence-corrected chi connectivity index (χ3v) is 4.40. The zero-order valence-electron chi connectivity index (χ0n) is 10.7. The van der Waals surface area contributed by atoms with Crippen LogP contribution in [0.4, 0.5) is 0 Å². The first kappa shape index (κ1) is 13.9. The van der Waals surface area contributed by atoms with Crippen molar-refractivity contribution >= 4 is 23.6 Å². The van der Waals surface area contributed by atoms with E-state index in [1.54, 1.807) is 37.1 Å². The number of rotatable bonds is 4. The molecule has 2 N–H and O–H groups in total. The number of amides is 1. The van der Waals surface area contributed by atoms with E-state index in [9.17, 15) is 14.7 Å². The van der Waals surface area contributed by atoms with Crippen molar-refractivity contribution in [3.05, 3.63) is 18.5 Å². The van der Waals surface area contributed by atoms with Gasteiger partial charge in [-0.05, 0) is 37.3 Å². The Hall–Kier alpha value is -1.50. The average molecular weight is 283 g/mol. The molecular formula is C12H17N3O3S. The number of hydrogen-bond donors (Lipinski definition) is 2. The number of carboxylic acid groups (broad SMARTS) is 1. The van der Waals surface area contributed by atoms with Crippen molar-refractivity contribution in [2.24, 2.45) is 0 Å². The summed E-state index contributed by atoms with van der Waals surface area (Å²) in [5.74, 6) is 0.248. The Balaban J connectivity index is 2.09. The zero-order chi connectivity index (χ0) is 13.9. The van der Waals surface area contributed by atoms with E-state index >= 15 is 0 Å². The molecule has 104 valence electrons. The molecule has 0 saturated carbocycles. The number of thioether (sulfide) groups is 1. The molecular weight excluding hydrogens is 266 g/mol. The minimum absolute atomic E-state index is 0.307. The van der Waals surface area contributed by atoms with Gasteiger partial charge in [-0.1, -0.05) is 0 Å². The lowest BCUT2D eigenvalue weighted by Gasteiger charge is -2.34. The van der Waals surface area contributed by atoms with E-state index in [2.05, 4.69) is 10.4 Å². The summed E-state index contributed by atoms with van der Waals surface area (Å²) in [4.78, 5) is 23.7. The van der Waals surface area contributed by atoms with Crippen LogP contribution in [0, 0.1) is 0 Å². The van der Waals surface area contributed by atoms with Crippen molar-refractivity contribution in [1.82, 2.24) is 15.1 Å². The van der Waals surface area contributed by atoms with Crippen LogP contribution >= 0.6 is 11.8 Å². The van der Waals surface area contributed by atoms with Crippen molar-refractivity contribution < 1.29 is 14.7 Å². The minimum atomic E-state index is -1.12. The Bertz CT molecular complexity index is 455. The largest absolute Gasteiger partial charge is 0.480 e. The molecule has 1 amide bonds. The van der Waals surface area contributed by atoms with Crippen molar-refractivity contribution in [1.29, 1.82) is 0 Å². The van der Waals surface area contributed by atoms with Gasteiger partial charge in [0.2, 0.25) is 5.91 Å². The average Bonchev–Trinajstić information content (AvgIpc) is 2.92. The van der Waals surface area contributed by atoms with E-state index in [0.717, 1.165) is 11.5 Å². The molecule has 2 rings (SSSR count). The summed E-state index contributed by atoms with van der Waals surface area (Å²) in [6.07, 6.45) is 4.21. The molecule has 0 radical (unpaired) electrons. The molecule has 7 heteroatoms.